The zero-order valence-electron chi connectivity index (χ0n) is 9.71. The first kappa shape index (κ1) is 12.8. The zero-order chi connectivity index (χ0) is 12.1. The highest BCUT2D eigenvalue weighted by Gasteiger charge is 2.11. The van der Waals surface area contributed by atoms with Crippen LogP contribution in [0.5, 0.6) is 0 Å². The Kier molecular flexibility index (Phi) is 4.56. The fraction of sp³-hybridized carbons (Fsp3) is 0.308. The van der Waals surface area contributed by atoms with E-state index in [2.05, 4.69) is 11.7 Å². The van der Waals surface area contributed by atoms with E-state index in [1.165, 1.54) is 12.7 Å². The molecule has 0 bridgehead atoms. The Morgan fingerprint density at radius 2 is 2.19 bits per heavy atom. The largest absolute Gasteiger partial charge is 0.465 e. The molecule has 0 spiro atoms. The summed E-state index contributed by atoms with van der Waals surface area (Å²) >= 11 is 6.03. The van der Waals surface area contributed by atoms with Crippen LogP contribution >= 0.6 is 11.6 Å². The second-order valence-electron chi connectivity index (χ2n) is 3.35. The van der Waals surface area contributed by atoms with E-state index in [4.69, 9.17) is 11.6 Å². The maximum atomic E-state index is 11.3. The molecule has 0 saturated carbocycles. The maximum Gasteiger partial charge on any atom is 0.339 e. The highest BCUT2D eigenvalue weighted by Crippen LogP contribution is 2.24. The molecule has 0 fully saturated rings. The topological polar surface area (TPSA) is 26.3 Å². The second-order valence-corrected chi connectivity index (χ2v) is 3.76. The minimum Gasteiger partial charge on any atom is -0.465 e. The van der Waals surface area contributed by atoms with Gasteiger partial charge in [0.2, 0.25) is 0 Å². The number of hydrogen-bond donors (Lipinski definition) is 0. The predicted octanol–water partition coefficient (Wildman–Crippen LogP) is 3.94. The lowest BCUT2D eigenvalue weighted by Gasteiger charge is -2.07. The second kappa shape index (κ2) is 5.71. The van der Waals surface area contributed by atoms with E-state index in [9.17, 15) is 4.79 Å². The quantitative estimate of drug-likeness (QED) is 0.746. The lowest BCUT2D eigenvalue weighted by atomic mass is 10.0. The van der Waals surface area contributed by atoms with Gasteiger partial charge in [0, 0.05) is 0 Å². The van der Waals surface area contributed by atoms with Gasteiger partial charge >= 0.3 is 5.97 Å². The van der Waals surface area contributed by atoms with Crippen molar-refractivity contribution in [3.8, 4) is 0 Å². The van der Waals surface area contributed by atoms with Gasteiger partial charge in [0.25, 0.3) is 0 Å². The normalized spacial score (nSPS) is 11.4. The van der Waals surface area contributed by atoms with Crippen LogP contribution in [0.2, 0.25) is 5.02 Å². The number of carbonyl (C=O) groups excluding carboxylic acids is 1. The summed E-state index contributed by atoms with van der Waals surface area (Å²) in [6.07, 6.45) is 2.98. The molecule has 1 rings (SSSR count). The highest BCUT2D eigenvalue weighted by atomic mass is 35.5. The molecule has 0 amide bonds. The first-order valence-corrected chi connectivity index (χ1v) is 5.55. The van der Waals surface area contributed by atoms with Gasteiger partial charge in [-0.1, -0.05) is 30.7 Å². The molecule has 0 radical (unpaired) electrons. The van der Waals surface area contributed by atoms with Crippen LogP contribution in [0.4, 0.5) is 0 Å². The Bertz CT molecular complexity index is 422. The zero-order valence-corrected chi connectivity index (χ0v) is 10.5. The molecule has 0 saturated heterocycles. The molecule has 0 aliphatic rings. The Balaban J connectivity index is 3.13. The number of esters is 1. The Hall–Kier alpha value is -1.28. The van der Waals surface area contributed by atoms with Crippen LogP contribution in [0.3, 0.4) is 0 Å². The number of ether oxygens (including phenoxy) is 1. The average Bonchev–Trinajstić information content (AvgIpc) is 2.30. The van der Waals surface area contributed by atoms with Gasteiger partial charge in [0.1, 0.15) is 0 Å². The van der Waals surface area contributed by atoms with Crippen molar-refractivity contribution in [2.45, 2.75) is 20.3 Å². The van der Waals surface area contributed by atoms with E-state index < -0.39 is 5.97 Å². The van der Waals surface area contributed by atoms with Gasteiger partial charge in [-0.05, 0) is 36.6 Å². The summed E-state index contributed by atoms with van der Waals surface area (Å²) in [6, 6.07) is 5.38. The number of rotatable bonds is 3. The molecule has 0 atom stereocenters. The van der Waals surface area contributed by atoms with Crippen LogP contribution in [0.1, 0.15) is 36.2 Å². The summed E-state index contributed by atoms with van der Waals surface area (Å²) in [5.74, 6) is -0.407. The van der Waals surface area contributed by atoms with Gasteiger partial charge in [-0.25, -0.2) is 4.79 Å². The van der Waals surface area contributed by atoms with Crippen LogP contribution in [0, 0.1) is 0 Å². The minimum atomic E-state index is -0.407. The molecule has 16 heavy (non-hydrogen) atoms. The molecule has 1 aromatic carbocycles. The third-order valence-corrected chi connectivity index (χ3v) is 2.79. The standard InChI is InChI=1S/C13H15ClO2/c1-4-9(5-2)10-6-7-11(12(14)8-10)13(15)16-3/h4,6-8H,5H2,1-3H3/b9-4-. The van der Waals surface area contributed by atoms with Crippen LogP contribution in [0.25, 0.3) is 5.57 Å². The summed E-state index contributed by atoms with van der Waals surface area (Å²) in [6.45, 7) is 4.07. The predicted molar refractivity (Wildman–Crippen MR) is 66.7 cm³/mol. The van der Waals surface area contributed by atoms with E-state index in [-0.39, 0.29) is 0 Å². The highest BCUT2D eigenvalue weighted by molar-refractivity contribution is 6.33. The third-order valence-electron chi connectivity index (χ3n) is 2.47. The van der Waals surface area contributed by atoms with E-state index in [0.717, 1.165) is 12.0 Å². The molecule has 0 unspecified atom stereocenters. The van der Waals surface area contributed by atoms with Crippen molar-refractivity contribution in [2.75, 3.05) is 7.11 Å². The summed E-state index contributed by atoms with van der Waals surface area (Å²) < 4.78 is 4.63. The van der Waals surface area contributed by atoms with Gasteiger partial charge in [-0.3, -0.25) is 0 Å². The number of benzene rings is 1. The first-order valence-electron chi connectivity index (χ1n) is 5.17. The molecule has 0 N–H and O–H groups in total. The van der Waals surface area contributed by atoms with Gasteiger partial charge in [0.15, 0.2) is 0 Å². The Labute approximate surface area is 101 Å². The van der Waals surface area contributed by atoms with Crippen molar-refractivity contribution in [2.24, 2.45) is 0 Å². The summed E-state index contributed by atoms with van der Waals surface area (Å²) in [7, 11) is 1.34. The van der Waals surface area contributed by atoms with E-state index in [1.54, 1.807) is 12.1 Å². The summed E-state index contributed by atoms with van der Waals surface area (Å²) in [5.41, 5.74) is 2.65. The molecule has 0 aliphatic carbocycles. The summed E-state index contributed by atoms with van der Waals surface area (Å²) in [4.78, 5) is 11.3. The summed E-state index contributed by atoms with van der Waals surface area (Å²) in [5, 5.41) is 0.428. The molecule has 2 nitrogen and oxygen atoms in total. The molecular formula is C13H15ClO2. The molecule has 0 heterocycles. The molecular weight excluding hydrogens is 224 g/mol. The van der Waals surface area contributed by atoms with Gasteiger partial charge in [-0.2, -0.15) is 0 Å². The lowest BCUT2D eigenvalue weighted by molar-refractivity contribution is 0.0601. The number of halogens is 1. The molecule has 3 heteroatoms. The van der Waals surface area contributed by atoms with E-state index in [0.29, 0.717) is 10.6 Å². The Morgan fingerprint density at radius 1 is 1.50 bits per heavy atom. The van der Waals surface area contributed by atoms with E-state index >= 15 is 0 Å². The molecule has 86 valence electrons. The van der Waals surface area contributed by atoms with Crippen molar-refractivity contribution in [3.63, 3.8) is 0 Å². The van der Waals surface area contributed by atoms with Crippen molar-refractivity contribution >= 4 is 23.1 Å². The van der Waals surface area contributed by atoms with Crippen molar-refractivity contribution < 1.29 is 9.53 Å². The Morgan fingerprint density at radius 3 is 2.62 bits per heavy atom. The number of allylic oxidation sites excluding steroid dienone is 2. The van der Waals surface area contributed by atoms with Crippen LogP contribution in [-0.4, -0.2) is 13.1 Å². The van der Waals surface area contributed by atoms with Gasteiger partial charge in [-0.15, -0.1) is 0 Å². The smallest absolute Gasteiger partial charge is 0.339 e. The number of methoxy groups -OCH3 is 1. The van der Waals surface area contributed by atoms with Crippen LogP contribution in [0.15, 0.2) is 24.3 Å². The number of hydrogen-bond acceptors (Lipinski definition) is 2. The van der Waals surface area contributed by atoms with Crippen molar-refractivity contribution in [3.05, 3.63) is 40.4 Å². The SMILES string of the molecule is C/C=C(/CC)c1ccc(C(=O)OC)c(Cl)c1. The minimum absolute atomic E-state index is 0.402. The third kappa shape index (κ3) is 2.64. The first-order chi connectivity index (χ1) is 7.63. The van der Waals surface area contributed by atoms with Gasteiger partial charge in [0.05, 0.1) is 17.7 Å². The molecule has 1 aromatic rings. The van der Waals surface area contributed by atoms with Crippen LogP contribution < -0.4 is 0 Å². The fourth-order valence-corrected chi connectivity index (χ4v) is 1.82. The van der Waals surface area contributed by atoms with E-state index in [1.807, 2.05) is 19.1 Å². The van der Waals surface area contributed by atoms with Gasteiger partial charge < -0.3 is 4.74 Å². The maximum absolute atomic E-state index is 11.3. The monoisotopic (exact) mass is 238 g/mol. The molecule has 0 aromatic heterocycles. The van der Waals surface area contributed by atoms with Crippen molar-refractivity contribution in [1.29, 1.82) is 0 Å². The van der Waals surface area contributed by atoms with Crippen molar-refractivity contribution in [1.82, 2.24) is 0 Å². The van der Waals surface area contributed by atoms with Crippen LogP contribution in [-0.2, 0) is 4.74 Å². The number of carbonyl (C=O) groups is 1. The lowest BCUT2D eigenvalue weighted by Crippen LogP contribution is -2.02. The average molecular weight is 239 g/mol. The molecule has 0 aliphatic heterocycles. The fourth-order valence-electron chi connectivity index (χ4n) is 1.57.